The van der Waals surface area contributed by atoms with Crippen molar-refractivity contribution in [3.8, 4) is 0 Å². The molecule has 7 heteroatoms. The number of nitrogens with one attached hydrogen (secondary N) is 1. The van der Waals surface area contributed by atoms with Gasteiger partial charge >= 0.3 is 0 Å². The molecule has 0 aromatic carbocycles. The van der Waals surface area contributed by atoms with Crippen LogP contribution in [0.4, 0.5) is 0 Å². The van der Waals surface area contributed by atoms with Crippen molar-refractivity contribution in [2.24, 2.45) is 5.92 Å². The van der Waals surface area contributed by atoms with Crippen LogP contribution in [0.2, 0.25) is 4.34 Å². The molecule has 1 fully saturated rings. The monoisotopic (exact) mass is 329 g/mol. The van der Waals surface area contributed by atoms with Gasteiger partial charge in [0.2, 0.25) is 11.8 Å². The largest absolute Gasteiger partial charge is 0.355 e. The minimum absolute atomic E-state index is 0.0281. The Morgan fingerprint density at radius 3 is 2.95 bits per heavy atom. The third-order valence-electron chi connectivity index (χ3n) is 3.68. The lowest BCUT2D eigenvalue weighted by atomic mass is 9.96. The van der Waals surface area contributed by atoms with E-state index in [4.69, 9.17) is 11.6 Å². The number of thiazole rings is 1. The standard InChI is InChI=1S/C14H20ClN3O2S/c1-3-18-8-10(4-5-12(18)19)14(20)16-7-6-11-17-9(2)13(15)21-11/h10H,3-8H2,1-2H3,(H,16,20)/t10-/m1/s1. The van der Waals surface area contributed by atoms with Crippen molar-refractivity contribution < 1.29 is 9.59 Å². The van der Waals surface area contributed by atoms with Crippen LogP contribution in [0.25, 0.3) is 0 Å². The lowest BCUT2D eigenvalue weighted by Crippen LogP contribution is -2.45. The van der Waals surface area contributed by atoms with E-state index < -0.39 is 0 Å². The van der Waals surface area contributed by atoms with Crippen LogP contribution in [-0.4, -0.2) is 41.3 Å². The molecular formula is C14H20ClN3O2S. The van der Waals surface area contributed by atoms with Gasteiger partial charge < -0.3 is 10.2 Å². The molecule has 0 saturated carbocycles. The molecule has 1 saturated heterocycles. The molecule has 1 aliphatic rings. The minimum atomic E-state index is -0.0933. The zero-order valence-electron chi connectivity index (χ0n) is 12.3. The van der Waals surface area contributed by atoms with Crippen LogP contribution in [0.3, 0.4) is 0 Å². The number of piperidine rings is 1. The van der Waals surface area contributed by atoms with E-state index in [1.54, 1.807) is 4.90 Å². The second kappa shape index (κ2) is 7.22. The van der Waals surface area contributed by atoms with Gasteiger partial charge in [0.25, 0.3) is 0 Å². The van der Waals surface area contributed by atoms with E-state index >= 15 is 0 Å². The molecule has 0 unspecified atom stereocenters. The number of likely N-dealkylation sites (tertiary alicyclic amines) is 1. The number of hydrogen-bond acceptors (Lipinski definition) is 4. The van der Waals surface area contributed by atoms with Gasteiger partial charge in [0.15, 0.2) is 0 Å². The van der Waals surface area contributed by atoms with Crippen molar-refractivity contribution in [3.63, 3.8) is 0 Å². The van der Waals surface area contributed by atoms with Crippen LogP contribution in [0, 0.1) is 12.8 Å². The molecule has 1 aromatic rings. The molecular weight excluding hydrogens is 310 g/mol. The van der Waals surface area contributed by atoms with Crippen LogP contribution in [0.5, 0.6) is 0 Å². The highest BCUT2D eigenvalue weighted by Gasteiger charge is 2.29. The van der Waals surface area contributed by atoms with Crippen molar-refractivity contribution in [3.05, 3.63) is 15.0 Å². The van der Waals surface area contributed by atoms with E-state index in [1.165, 1.54) is 11.3 Å². The number of aromatic nitrogens is 1. The van der Waals surface area contributed by atoms with Crippen molar-refractivity contribution in [1.29, 1.82) is 0 Å². The van der Waals surface area contributed by atoms with Gasteiger partial charge in [-0.2, -0.15) is 0 Å². The molecule has 21 heavy (non-hydrogen) atoms. The summed E-state index contributed by atoms with van der Waals surface area (Å²) in [6.45, 7) is 5.56. The average Bonchev–Trinajstić information content (AvgIpc) is 2.78. The van der Waals surface area contributed by atoms with E-state index in [-0.39, 0.29) is 17.7 Å². The number of aryl methyl sites for hydroxylation is 1. The van der Waals surface area contributed by atoms with Gasteiger partial charge in [-0.25, -0.2) is 4.98 Å². The molecule has 2 amide bonds. The molecule has 5 nitrogen and oxygen atoms in total. The Labute approximate surface area is 133 Å². The number of nitrogens with zero attached hydrogens (tertiary/aromatic N) is 2. The van der Waals surface area contributed by atoms with E-state index in [0.29, 0.717) is 43.2 Å². The number of amides is 2. The van der Waals surface area contributed by atoms with Crippen LogP contribution in [-0.2, 0) is 16.0 Å². The number of halogens is 1. The topological polar surface area (TPSA) is 62.3 Å². The first-order valence-electron chi connectivity index (χ1n) is 7.18. The third-order valence-corrected chi connectivity index (χ3v) is 5.19. The Bertz CT molecular complexity index is 513. The molecule has 0 radical (unpaired) electrons. The van der Waals surface area contributed by atoms with Crippen LogP contribution in [0.15, 0.2) is 0 Å². The maximum atomic E-state index is 12.1. The molecule has 2 heterocycles. The molecule has 1 aliphatic heterocycles. The fourth-order valence-electron chi connectivity index (χ4n) is 2.41. The van der Waals surface area contributed by atoms with Crippen molar-refractivity contribution in [1.82, 2.24) is 15.2 Å². The molecule has 2 rings (SSSR count). The first-order chi connectivity index (χ1) is 10.0. The predicted octanol–water partition coefficient (Wildman–Crippen LogP) is 2.02. The fourth-order valence-corrected chi connectivity index (χ4v) is 3.51. The highest BCUT2D eigenvalue weighted by molar-refractivity contribution is 7.16. The number of rotatable bonds is 5. The van der Waals surface area contributed by atoms with Gasteiger partial charge in [0, 0.05) is 32.5 Å². The lowest BCUT2D eigenvalue weighted by molar-refractivity contribution is -0.138. The first-order valence-corrected chi connectivity index (χ1v) is 8.38. The Balaban J connectivity index is 1.78. The summed E-state index contributed by atoms with van der Waals surface area (Å²) in [7, 11) is 0. The third kappa shape index (κ3) is 4.17. The highest BCUT2D eigenvalue weighted by Crippen LogP contribution is 2.23. The summed E-state index contributed by atoms with van der Waals surface area (Å²) >= 11 is 7.43. The summed E-state index contributed by atoms with van der Waals surface area (Å²) in [4.78, 5) is 29.8. The van der Waals surface area contributed by atoms with Gasteiger partial charge in [0.1, 0.15) is 4.34 Å². The zero-order valence-corrected chi connectivity index (χ0v) is 13.9. The van der Waals surface area contributed by atoms with Crippen LogP contribution >= 0.6 is 22.9 Å². The van der Waals surface area contributed by atoms with Crippen molar-refractivity contribution in [2.75, 3.05) is 19.6 Å². The summed E-state index contributed by atoms with van der Waals surface area (Å²) in [6.07, 6.45) is 1.80. The summed E-state index contributed by atoms with van der Waals surface area (Å²) in [6, 6.07) is 0. The normalized spacial score (nSPS) is 18.9. The molecule has 1 N–H and O–H groups in total. The maximum absolute atomic E-state index is 12.1. The minimum Gasteiger partial charge on any atom is -0.355 e. The van der Waals surface area contributed by atoms with Gasteiger partial charge in [0.05, 0.1) is 16.6 Å². The summed E-state index contributed by atoms with van der Waals surface area (Å²) in [5.74, 6) is 0.0825. The fraction of sp³-hybridized carbons (Fsp3) is 0.643. The van der Waals surface area contributed by atoms with Crippen LogP contribution < -0.4 is 5.32 Å². The zero-order chi connectivity index (χ0) is 15.4. The number of carbonyl (C=O) groups is 2. The summed E-state index contributed by atoms with van der Waals surface area (Å²) in [5, 5.41) is 3.87. The number of hydrogen-bond donors (Lipinski definition) is 1. The van der Waals surface area contributed by atoms with Gasteiger partial charge in [-0.3, -0.25) is 9.59 Å². The molecule has 0 spiro atoms. The van der Waals surface area contributed by atoms with Crippen LogP contribution in [0.1, 0.15) is 30.5 Å². The first kappa shape index (κ1) is 16.2. The second-order valence-corrected chi connectivity index (χ2v) is 6.86. The average molecular weight is 330 g/mol. The van der Waals surface area contributed by atoms with E-state index in [0.717, 1.165) is 10.7 Å². The quantitative estimate of drug-likeness (QED) is 0.899. The second-order valence-electron chi connectivity index (χ2n) is 5.18. The Morgan fingerprint density at radius 2 is 2.33 bits per heavy atom. The molecule has 1 aromatic heterocycles. The molecule has 1 atom stereocenters. The Morgan fingerprint density at radius 1 is 1.57 bits per heavy atom. The molecule has 116 valence electrons. The summed E-state index contributed by atoms with van der Waals surface area (Å²) < 4.78 is 0.709. The predicted molar refractivity (Wildman–Crippen MR) is 83.6 cm³/mol. The molecule has 0 bridgehead atoms. The van der Waals surface area contributed by atoms with Gasteiger partial charge in [-0.1, -0.05) is 11.6 Å². The smallest absolute Gasteiger partial charge is 0.224 e. The van der Waals surface area contributed by atoms with Gasteiger partial charge in [-0.15, -0.1) is 11.3 Å². The summed E-state index contributed by atoms with van der Waals surface area (Å²) in [5.41, 5.74) is 0.840. The molecule has 0 aliphatic carbocycles. The van der Waals surface area contributed by atoms with E-state index in [1.807, 2.05) is 13.8 Å². The SMILES string of the molecule is CCN1C[C@H](C(=O)NCCc2nc(C)c(Cl)s2)CCC1=O. The Kier molecular flexibility index (Phi) is 5.58. The van der Waals surface area contributed by atoms with Crippen molar-refractivity contribution in [2.45, 2.75) is 33.1 Å². The lowest BCUT2D eigenvalue weighted by Gasteiger charge is -2.30. The van der Waals surface area contributed by atoms with E-state index in [2.05, 4.69) is 10.3 Å². The highest BCUT2D eigenvalue weighted by atomic mass is 35.5. The van der Waals surface area contributed by atoms with Crippen molar-refractivity contribution >= 4 is 34.8 Å². The van der Waals surface area contributed by atoms with E-state index in [9.17, 15) is 9.59 Å². The van der Waals surface area contributed by atoms with Gasteiger partial charge in [-0.05, 0) is 20.3 Å². The number of carbonyl (C=O) groups excluding carboxylic acids is 2. The Hall–Kier alpha value is -1.14. The maximum Gasteiger partial charge on any atom is 0.224 e.